The molecule has 2 saturated heterocycles. The number of thiazole rings is 1. The van der Waals surface area contributed by atoms with Gasteiger partial charge in [-0.1, -0.05) is 40.8 Å². The first-order chi connectivity index (χ1) is 17.9. The van der Waals surface area contributed by atoms with Gasteiger partial charge in [0.05, 0.1) is 29.8 Å². The maximum absolute atomic E-state index is 13.8. The van der Waals surface area contributed by atoms with E-state index in [1.165, 1.54) is 21.2 Å². The summed E-state index contributed by atoms with van der Waals surface area (Å²) in [5.41, 5.74) is 1.19. The maximum atomic E-state index is 13.8. The Morgan fingerprint density at radius 1 is 1.08 bits per heavy atom. The molecule has 0 bridgehead atoms. The molecule has 0 radical (unpaired) electrons. The maximum Gasteiger partial charge on any atom is 0.308 e. The molecule has 0 unspecified atom stereocenters. The second-order valence-electron chi connectivity index (χ2n) is 8.93. The Morgan fingerprint density at radius 3 is 2.54 bits per heavy atom. The number of benzene rings is 1. The van der Waals surface area contributed by atoms with Gasteiger partial charge < -0.3 is 9.64 Å². The minimum atomic E-state index is -0.750. The Labute approximate surface area is 225 Å². The summed E-state index contributed by atoms with van der Waals surface area (Å²) < 4.78 is 6.78. The summed E-state index contributed by atoms with van der Waals surface area (Å²) >= 11 is 8.24. The molecule has 12 heteroatoms. The summed E-state index contributed by atoms with van der Waals surface area (Å²) in [6, 6.07) is 10.2. The number of halogens is 1. The summed E-state index contributed by atoms with van der Waals surface area (Å²) in [5.74, 6) is -2.12. The lowest BCUT2D eigenvalue weighted by molar-refractivity contribution is -0.136. The number of thioether (sulfide) groups is 1. The van der Waals surface area contributed by atoms with E-state index >= 15 is 0 Å². The molecule has 0 aliphatic carbocycles. The van der Waals surface area contributed by atoms with Gasteiger partial charge in [0.2, 0.25) is 17.7 Å². The normalized spacial score (nSPS) is 23.2. The molecule has 5 heterocycles. The minimum absolute atomic E-state index is 0.127. The lowest BCUT2D eigenvalue weighted by Gasteiger charge is -2.31. The number of rotatable bonds is 4. The highest BCUT2D eigenvalue weighted by atomic mass is 35.5. The van der Waals surface area contributed by atoms with E-state index in [0.717, 1.165) is 16.9 Å². The van der Waals surface area contributed by atoms with Crippen molar-refractivity contribution in [3.8, 4) is 0 Å². The zero-order valence-corrected chi connectivity index (χ0v) is 21.8. The first-order valence-electron chi connectivity index (χ1n) is 11.7. The lowest BCUT2D eigenvalue weighted by Crippen LogP contribution is -2.43. The van der Waals surface area contributed by atoms with Crippen molar-refractivity contribution in [2.45, 2.75) is 22.7 Å². The number of imide groups is 1. The van der Waals surface area contributed by atoms with Crippen molar-refractivity contribution in [1.29, 1.82) is 0 Å². The number of amides is 3. The Morgan fingerprint density at radius 2 is 1.84 bits per heavy atom. The summed E-state index contributed by atoms with van der Waals surface area (Å²) in [6.45, 7) is 1.73. The highest BCUT2D eigenvalue weighted by Crippen LogP contribution is 2.53. The van der Waals surface area contributed by atoms with E-state index in [-0.39, 0.29) is 29.1 Å². The van der Waals surface area contributed by atoms with Crippen LogP contribution in [0.25, 0.3) is 0 Å². The molecule has 1 aromatic carbocycles. The standard InChI is InChI=1S/C25H21ClN4O5S2/c26-15-3-5-16(6-4-15)30-22(32)19-18(14-2-1-7-27-12-14)21-24(36-20(19)23(30)33)29(25(34)37-21)13-17(31)28-8-10-35-11-9-28/h1-7,12,18-20H,8-11,13H2/t18-,19-,20+/m0/s1. The average Bonchev–Trinajstić information content (AvgIpc) is 3.36. The van der Waals surface area contributed by atoms with Gasteiger partial charge in [-0.15, -0.1) is 0 Å². The molecule has 0 spiro atoms. The molecule has 0 saturated carbocycles. The fourth-order valence-electron chi connectivity index (χ4n) is 5.07. The van der Waals surface area contributed by atoms with Crippen LogP contribution in [-0.2, 0) is 25.7 Å². The van der Waals surface area contributed by atoms with Crippen molar-refractivity contribution < 1.29 is 19.1 Å². The smallest absolute Gasteiger partial charge is 0.308 e. The van der Waals surface area contributed by atoms with Crippen LogP contribution in [-0.4, -0.2) is 63.7 Å². The van der Waals surface area contributed by atoms with E-state index < -0.39 is 17.1 Å². The van der Waals surface area contributed by atoms with E-state index in [1.807, 2.05) is 6.07 Å². The van der Waals surface area contributed by atoms with Crippen molar-refractivity contribution in [1.82, 2.24) is 14.5 Å². The van der Waals surface area contributed by atoms with E-state index in [0.29, 0.717) is 46.9 Å². The van der Waals surface area contributed by atoms with Gasteiger partial charge in [0.25, 0.3) is 0 Å². The van der Waals surface area contributed by atoms with Gasteiger partial charge in [0.15, 0.2) is 0 Å². The van der Waals surface area contributed by atoms with Crippen molar-refractivity contribution in [2.24, 2.45) is 5.92 Å². The van der Waals surface area contributed by atoms with E-state index in [1.54, 1.807) is 47.6 Å². The van der Waals surface area contributed by atoms with Crippen LogP contribution in [0.3, 0.4) is 0 Å². The molecule has 6 rings (SSSR count). The molecule has 190 valence electrons. The van der Waals surface area contributed by atoms with Crippen molar-refractivity contribution in [3.63, 3.8) is 0 Å². The Kier molecular flexibility index (Phi) is 6.39. The molecule has 2 fully saturated rings. The van der Waals surface area contributed by atoms with Crippen molar-refractivity contribution in [2.75, 3.05) is 31.2 Å². The molecule has 3 aliphatic heterocycles. The third kappa shape index (κ3) is 4.19. The van der Waals surface area contributed by atoms with Gasteiger partial charge >= 0.3 is 4.87 Å². The molecular weight excluding hydrogens is 536 g/mol. The van der Waals surface area contributed by atoms with Gasteiger partial charge in [-0.05, 0) is 35.9 Å². The predicted octanol–water partition coefficient (Wildman–Crippen LogP) is 2.61. The topological polar surface area (TPSA) is 102 Å². The second kappa shape index (κ2) is 9.71. The van der Waals surface area contributed by atoms with Gasteiger partial charge in [-0.25, -0.2) is 4.90 Å². The fraction of sp³-hybridized carbons (Fsp3) is 0.320. The molecule has 2 aromatic heterocycles. The number of aromatic nitrogens is 2. The number of fused-ring (bicyclic) bond motifs is 2. The third-order valence-electron chi connectivity index (χ3n) is 6.83. The van der Waals surface area contributed by atoms with Crippen LogP contribution in [0.2, 0.25) is 5.02 Å². The van der Waals surface area contributed by atoms with Crippen LogP contribution in [0.15, 0.2) is 58.6 Å². The summed E-state index contributed by atoms with van der Waals surface area (Å²) in [6.07, 6.45) is 3.30. The van der Waals surface area contributed by atoms with Crippen LogP contribution >= 0.6 is 34.7 Å². The largest absolute Gasteiger partial charge is 0.378 e. The first kappa shape index (κ1) is 24.4. The number of carbonyl (C=O) groups excluding carboxylic acids is 3. The number of hydrogen-bond acceptors (Lipinski definition) is 8. The molecule has 37 heavy (non-hydrogen) atoms. The molecule has 0 N–H and O–H groups in total. The molecular formula is C25H21ClN4O5S2. The summed E-state index contributed by atoms with van der Waals surface area (Å²) in [7, 11) is 0. The molecule has 3 aromatic rings. The number of hydrogen-bond donors (Lipinski definition) is 0. The molecule has 9 nitrogen and oxygen atoms in total. The number of ether oxygens (including phenoxy) is 1. The van der Waals surface area contributed by atoms with E-state index in [9.17, 15) is 19.2 Å². The highest BCUT2D eigenvalue weighted by molar-refractivity contribution is 8.00. The average molecular weight is 557 g/mol. The SMILES string of the molecule is O=C(Cn1c2c(sc1=O)[C@@H](c1cccnc1)[C@@H]1C(=O)N(c3ccc(Cl)cc3)C(=O)[C@@H]1S2)N1CCOCC1. The number of morpholine rings is 1. The Hall–Kier alpha value is -2.99. The zero-order valence-electron chi connectivity index (χ0n) is 19.4. The van der Waals surface area contributed by atoms with Gasteiger partial charge in [-0.2, -0.15) is 0 Å². The predicted molar refractivity (Wildman–Crippen MR) is 139 cm³/mol. The second-order valence-corrected chi connectivity index (χ2v) is 11.5. The van der Waals surface area contributed by atoms with Gasteiger partial charge in [0.1, 0.15) is 11.8 Å². The van der Waals surface area contributed by atoms with Crippen LogP contribution < -0.4 is 9.77 Å². The minimum Gasteiger partial charge on any atom is -0.378 e. The molecule has 3 aliphatic rings. The van der Waals surface area contributed by atoms with Crippen LogP contribution in [0, 0.1) is 5.92 Å². The van der Waals surface area contributed by atoms with Crippen molar-refractivity contribution in [3.05, 3.63) is 73.9 Å². The monoisotopic (exact) mass is 556 g/mol. The van der Waals surface area contributed by atoms with Gasteiger partial charge in [-0.3, -0.25) is 28.7 Å². The van der Waals surface area contributed by atoms with E-state index in [2.05, 4.69) is 4.98 Å². The molecule has 3 amide bonds. The summed E-state index contributed by atoms with van der Waals surface area (Å²) in [4.78, 5) is 61.2. The fourth-order valence-corrected chi connectivity index (χ4v) is 7.97. The van der Waals surface area contributed by atoms with Gasteiger partial charge in [0, 0.05) is 41.3 Å². The van der Waals surface area contributed by atoms with Crippen molar-refractivity contribution >= 4 is 58.1 Å². The number of carbonyl (C=O) groups is 3. The number of nitrogens with zero attached hydrogens (tertiary/aromatic N) is 4. The Bertz CT molecular complexity index is 1440. The van der Waals surface area contributed by atoms with Crippen LogP contribution in [0.5, 0.6) is 0 Å². The highest BCUT2D eigenvalue weighted by Gasteiger charge is 2.56. The Balaban J connectivity index is 1.42. The molecule has 3 atom stereocenters. The first-order valence-corrected chi connectivity index (χ1v) is 13.8. The lowest BCUT2D eigenvalue weighted by atomic mass is 9.84. The number of anilines is 1. The van der Waals surface area contributed by atoms with E-state index in [4.69, 9.17) is 16.3 Å². The number of pyridine rings is 1. The zero-order chi connectivity index (χ0) is 25.7. The summed E-state index contributed by atoms with van der Waals surface area (Å²) in [5, 5.41) is 0.310. The quantitative estimate of drug-likeness (QED) is 0.455. The third-order valence-corrected chi connectivity index (χ3v) is 9.69. The van der Waals surface area contributed by atoms with Crippen LogP contribution in [0.1, 0.15) is 16.4 Å². The van der Waals surface area contributed by atoms with Crippen LogP contribution in [0.4, 0.5) is 5.69 Å².